The van der Waals surface area contributed by atoms with Crippen LogP contribution in [0.3, 0.4) is 0 Å². The summed E-state index contributed by atoms with van der Waals surface area (Å²) in [7, 11) is 0. The van der Waals surface area contributed by atoms with E-state index in [2.05, 4.69) is 29.5 Å². The highest BCUT2D eigenvalue weighted by Crippen LogP contribution is 2.35. The third-order valence-corrected chi connectivity index (χ3v) is 4.22. The normalized spacial score (nSPS) is 19.6. The number of nitrogens with zero attached hydrogens (tertiary/aromatic N) is 1. The lowest BCUT2D eigenvalue weighted by Crippen LogP contribution is -2.18. The summed E-state index contributed by atoms with van der Waals surface area (Å²) < 4.78 is 0. The number of rotatable bonds is 1. The number of benzene rings is 1. The molecule has 0 unspecified atom stereocenters. The molecule has 2 aliphatic rings. The van der Waals surface area contributed by atoms with Crippen molar-refractivity contribution in [2.75, 3.05) is 11.9 Å². The topological polar surface area (TPSA) is 35.8 Å². The zero-order valence-corrected chi connectivity index (χ0v) is 10.1. The second-order valence-corrected chi connectivity index (χ2v) is 5.27. The van der Waals surface area contributed by atoms with Gasteiger partial charge in [0, 0.05) is 18.2 Å². The molecule has 1 aromatic carbocycles. The van der Waals surface area contributed by atoms with Crippen molar-refractivity contribution in [1.82, 2.24) is 0 Å². The Hall–Kier alpha value is -1.43. The second-order valence-electron chi connectivity index (χ2n) is 5.27. The summed E-state index contributed by atoms with van der Waals surface area (Å²) in [5.74, 6) is 3.09. The molecule has 1 fully saturated rings. The molecule has 1 aromatic rings. The second kappa shape index (κ2) is 4.45. The first-order valence-corrected chi connectivity index (χ1v) is 6.63. The fourth-order valence-electron chi connectivity index (χ4n) is 3.13. The molecule has 2 heterocycles. The number of hydrogen-bond acceptors (Lipinski definition) is 2. The van der Waals surface area contributed by atoms with Gasteiger partial charge >= 0.3 is 0 Å². The predicted octanol–water partition coefficient (Wildman–Crippen LogP) is 3.09. The highest BCUT2D eigenvalue weighted by Gasteiger charge is 2.25. The molecule has 0 saturated carbocycles. The van der Waals surface area contributed by atoms with Crippen molar-refractivity contribution in [3.63, 3.8) is 0 Å². The average Bonchev–Trinajstić information content (AvgIpc) is 2.86. The number of nitrogens with one attached hydrogen (secondary N) is 1. The van der Waals surface area contributed by atoms with Crippen molar-refractivity contribution in [2.24, 2.45) is 0 Å². The van der Waals surface area contributed by atoms with Gasteiger partial charge in [0.1, 0.15) is 0 Å². The number of nitriles is 1. The van der Waals surface area contributed by atoms with E-state index in [1.807, 2.05) is 0 Å². The molecule has 0 radical (unpaired) electrons. The maximum absolute atomic E-state index is 8.92. The summed E-state index contributed by atoms with van der Waals surface area (Å²) in [4.78, 5) is 0. The highest BCUT2D eigenvalue weighted by atomic mass is 14.9. The van der Waals surface area contributed by atoms with Gasteiger partial charge in [0.15, 0.2) is 0 Å². The molecule has 0 aliphatic carbocycles. The molecule has 2 nitrogen and oxygen atoms in total. The van der Waals surface area contributed by atoms with Crippen molar-refractivity contribution in [3.05, 3.63) is 29.3 Å². The Morgan fingerprint density at radius 3 is 2.88 bits per heavy atom. The van der Waals surface area contributed by atoms with Gasteiger partial charge < -0.3 is 5.32 Å². The zero-order chi connectivity index (χ0) is 11.7. The lowest BCUT2D eigenvalue weighted by molar-refractivity contribution is 0.611. The van der Waals surface area contributed by atoms with E-state index in [1.54, 1.807) is 0 Å². The minimum Gasteiger partial charge on any atom is -0.384 e. The fraction of sp³-hybridized carbons (Fsp3) is 0.500. The quantitative estimate of drug-likeness (QED) is 0.744. The Kier molecular flexibility index (Phi) is 2.80. The summed E-state index contributed by atoms with van der Waals surface area (Å²) in [5, 5.41) is 12.3. The van der Waals surface area contributed by atoms with Gasteiger partial charge in [0.25, 0.3) is 6.71 Å². The van der Waals surface area contributed by atoms with Gasteiger partial charge in [-0.25, -0.2) is 5.26 Å². The Balaban J connectivity index is 1.75. The van der Waals surface area contributed by atoms with E-state index in [9.17, 15) is 0 Å². The van der Waals surface area contributed by atoms with Gasteiger partial charge in [-0.3, -0.25) is 0 Å². The van der Waals surface area contributed by atoms with E-state index >= 15 is 0 Å². The molecule has 0 spiro atoms. The van der Waals surface area contributed by atoms with Gasteiger partial charge in [0.2, 0.25) is 0 Å². The summed E-state index contributed by atoms with van der Waals surface area (Å²) in [6.45, 7) is 1.39. The molecule has 86 valence electrons. The average molecular weight is 224 g/mol. The van der Waals surface area contributed by atoms with Crippen LogP contribution in [0.15, 0.2) is 18.2 Å². The van der Waals surface area contributed by atoms with Crippen LogP contribution in [-0.4, -0.2) is 13.3 Å². The lowest BCUT2D eigenvalue weighted by atomic mass is 9.41. The molecule has 3 heteroatoms. The van der Waals surface area contributed by atoms with Crippen molar-refractivity contribution >= 4 is 12.4 Å². The predicted molar refractivity (Wildman–Crippen MR) is 71.6 cm³/mol. The van der Waals surface area contributed by atoms with Crippen molar-refractivity contribution < 1.29 is 0 Å². The van der Waals surface area contributed by atoms with Gasteiger partial charge in [-0.2, -0.15) is 0 Å². The van der Waals surface area contributed by atoms with Crippen LogP contribution in [0.1, 0.15) is 29.9 Å². The van der Waals surface area contributed by atoms with Gasteiger partial charge in [-0.1, -0.05) is 37.6 Å². The summed E-state index contributed by atoms with van der Waals surface area (Å²) in [6, 6.07) is 6.88. The first-order chi connectivity index (χ1) is 8.36. The van der Waals surface area contributed by atoms with Crippen LogP contribution in [0.2, 0.25) is 12.6 Å². The SMILES string of the molecule is N#CB1CCC(c2ccc3c(c2)CCN3)CC1. The smallest absolute Gasteiger partial charge is 0.267 e. The first kappa shape index (κ1) is 10.7. The van der Waals surface area contributed by atoms with E-state index in [0.717, 1.165) is 25.6 Å². The molecule has 17 heavy (non-hydrogen) atoms. The third kappa shape index (κ3) is 2.04. The van der Waals surface area contributed by atoms with Crippen LogP contribution >= 0.6 is 0 Å². The van der Waals surface area contributed by atoms with Crippen molar-refractivity contribution in [1.29, 1.82) is 5.26 Å². The zero-order valence-electron chi connectivity index (χ0n) is 10.1. The van der Waals surface area contributed by atoms with Gasteiger partial charge in [0.05, 0.1) is 0 Å². The molecule has 0 atom stereocenters. The molecule has 1 N–H and O–H groups in total. The van der Waals surface area contributed by atoms with Crippen LogP contribution in [0, 0.1) is 11.2 Å². The monoisotopic (exact) mass is 224 g/mol. The van der Waals surface area contributed by atoms with Crippen molar-refractivity contribution in [2.45, 2.75) is 37.8 Å². The Morgan fingerprint density at radius 2 is 2.12 bits per heavy atom. The maximum atomic E-state index is 8.92. The lowest BCUT2D eigenvalue weighted by Gasteiger charge is -2.24. The van der Waals surface area contributed by atoms with Crippen LogP contribution < -0.4 is 5.32 Å². The molecule has 1 saturated heterocycles. The Morgan fingerprint density at radius 1 is 1.29 bits per heavy atom. The summed E-state index contributed by atoms with van der Waals surface area (Å²) in [5.41, 5.74) is 4.29. The molecule has 0 bridgehead atoms. The van der Waals surface area contributed by atoms with Gasteiger partial charge in [-0.05, 0) is 29.5 Å². The number of hydrogen-bond donors (Lipinski definition) is 1. The van der Waals surface area contributed by atoms with E-state index < -0.39 is 0 Å². The highest BCUT2D eigenvalue weighted by molar-refractivity contribution is 6.67. The van der Waals surface area contributed by atoms with Crippen LogP contribution in [-0.2, 0) is 6.42 Å². The van der Waals surface area contributed by atoms with E-state index in [4.69, 9.17) is 5.26 Å². The summed E-state index contributed by atoms with van der Waals surface area (Å²) >= 11 is 0. The largest absolute Gasteiger partial charge is 0.384 e. The third-order valence-electron chi connectivity index (χ3n) is 4.22. The van der Waals surface area contributed by atoms with Crippen LogP contribution in [0.4, 0.5) is 5.69 Å². The fourth-order valence-corrected chi connectivity index (χ4v) is 3.13. The summed E-state index contributed by atoms with van der Waals surface area (Å²) in [6.07, 6.45) is 5.69. The molecular weight excluding hydrogens is 207 g/mol. The maximum Gasteiger partial charge on any atom is 0.267 e. The number of anilines is 1. The molecule has 0 aromatic heterocycles. The molecule has 3 rings (SSSR count). The van der Waals surface area contributed by atoms with E-state index in [1.165, 1.54) is 29.7 Å². The standard InChI is InChI=1S/C14H17BN2/c16-10-15-6-3-11(4-7-15)12-1-2-14-13(9-12)5-8-17-14/h1-2,9,11,17H,3-8H2. The first-order valence-electron chi connectivity index (χ1n) is 6.63. The molecular formula is C14H17BN2. The Bertz CT molecular complexity index is 456. The minimum absolute atomic E-state index is 0.308. The van der Waals surface area contributed by atoms with E-state index in [0.29, 0.717) is 12.6 Å². The number of fused-ring (bicyclic) bond motifs is 1. The van der Waals surface area contributed by atoms with Crippen LogP contribution in [0.5, 0.6) is 0 Å². The van der Waals surface area contributed by atoms with Gasteiger partial charge in [-0.15, -0.1) is 0 Å². The Labute approximate surface area is 103 Å². The molecule has 0 amide bonds. The molecule has 2 aliphatic heterocycles. The van der Waals surface area contributed by atoms with Crippen LogP contribution in [0.25, 0.3) is 0 Å². The van der Waals surface area contributed by atoms with Crippen molar-refractivity contribution in [3.8, 4) is 5.97 Å². The minimum atomic E-state index is 0.308. The van der Waals surface area contributed by atoms with E-state index in [-0.39, 0.29) is 0 Å².